The molecule has 0 amide bonds. The van der Waals surface area contributed by atoms with E-state index in [2.05, 4.69) is 59.1 Å². The maximum absolute atomic E-state index is 6.32. The summed E-state index contributed by atoms with van der Waals surface area (Å²) < 4.78 is 3.03. The molecule has 0 bridgehead atoms. The number of aromatic nitrogens is 2. The highest BCUT2D eigenvalue weighted by molar-refractivity contribution is 9.10. The van der Waals surface area contributed by atoms with Crippen molar-refractivity contribution in [3.63, 3.8) is 0 Å². The van der Waals surface area contributed by atoms with E-state index in [0.717, 1.165) is 28.7 Å². The van der Waals surface area contributed by atoms with Crippen molar-refractivity contribution < 1.29 is 0 Å². The van der Waals surface area contributed by atoms with Crippen molar-refractivity contribution in [3.8, 4) is 0 Å². The van der Waals surface area contributed by atoms with E-state index < -0.39 is 0 Å². The van der Waals surface area contributed by atoms with Gasteiger partial charge in [0.15, 0.2) is 0 Å². The van der Waals surface area contributed by atoms with Gasteiger partial charge in [0, 0.05) is 19.5 Å². The van der Waals surface area contributed by atoms with Crippen LogP contribution in [0.4, 0.5) is 0 Å². The first-order chi connectivity index (χ1) is 9.02. The van der Waals surface area contributed by atoms with Crippen LogP contribution in [0.5, 0.6) is 0 Å². The molecule has 2 aromatic rings. The van der Waals surface area contributed by atoms with Gasteiger partial charge >= 0.3 is 0 Å². The molecule has 1 unspecified atom stereocenters. The van der Waals surface area contributed by atoms with Gasteiger partial charge in [-0.15, -0.1) is 0 Å². The third kappa shape index (κ3) is 3.07. The number of rotatable bonds is 4. The van der Waals surface area contributed by atoms with Crippen LogP contribution in [0.25, 0.3) is 0 Å². The fraction of sp³-hybridized carbons (Fsp3) is 0.400. The highest BCUT2D eigenvalue weighted by Gasteiger charge is 2.16. The van der Waals surface area contributed by atoms with Crippen LogP contribution < -0.4 is 5.73 Å². The van der Waals surface area contributed by atoms with E-state index in [1.54, 1.807) is 0 Å². The average molecular weight is 322 g/mol. The van der Waals surface area contributed by atoms with Gasteiger partial charge in [-0.1, -0.05) is 36.8 Å². The summed E-state index contributed by atoms with van der Waals surface area (Å²) in [6.45, 7) is 4.20. The van der Waals surface area contributed by atoms with Crippen LogP contribution in [0.2, 0.25) is 0 Å². The first-order valence-corrected chi connectivity index (χ1v) is 7.34. The zero-order valence-corrected chi connectivity index (χ0v) is 13.2. The quantitative estimate of drug-likeness (QED) is 0.939. The van der Waals surface area contributed by atoms with Crippen LogP contribution >= 0.6 is 15.9 Å². The van der Waals surface area contributed by atoms with E-state index in [1.807, 2.05) is 11.7 Å². The molecule has 3 nitrogen and oxygen atoms in total. The predicted molar refractivity (Wildman–Crippen MR) is 82.1 cm³/mol. The number of benzene rings is 1. The molecule has 1 atom stereocenters. The Labute approximate surface area is 122 Å². The van der Waals surface area contributed by atoms with Gasteiger partial charge in [0.25, 0.3) is 0 Å². The molecule has 0 saturated carbocycles. The number of halogens is 1. The Hall–Kier alpha value is -1.13. The van der Waals surface area contributed by atoms with E-state index >= 15 is 0 Å². The minimum Gasteiger partial charge on any atom is -0.324 e. The van der Waals surface area contributed by atoms with Gasteiger partial charge in [-0.25, -0.2) is 0 Å². The summed E-state index contributed by atoms with van der Waals surface area (Å²) in [7, 11) is 1.97. The molecule has 0 radical (unpaired) electrons. The Morgan fingerprint density at radius 2 is 2.16 bits per heavy atom. The van der Waals surface area contributed by atoms with E-state index in [9.17, 15) is 0 Å². The van der Waals surface area contributed by atoms with Crippen LogP contribution in [0.3, 0.4) is 0 Å². The maximum atomic E-state index is 6.32. The summed E-state index contributed by atoms with van der Waals surface area (Å²) in [5.74, 6) is 0. The second-order valence-corrected chi connectivity index (χ2v) is 5.70. The number of aryl methyl sites for hydroxylation is 3. The van der Waals surface area contributed by atoms with Crippen molar-refractivity contribution in [1.29, 1.82) is 0 Å². The lowest BCUT2D eigenvalue weighted by molar-refractivity contribution is 0.636. The lowest BCUT2D eigenvalue weighted by atomic mass is 10.0. The van der Waals surface area contributed by atoms with Crippen LogP contribution in [-0.4, -0.2) is 9.78 Å². The Balaban J connectivity index is 2.24. The van der Waals surface area contributed by atoms with Crippen LogP contribution in [0.15, 0.2) is 28.7 Å². The molecule has 0 fully saturated rings. The Kier molecular flexibility index (Phi) is 4.42. The Morgan fingerprint density at radius 1 is 1.42 bits per heavy atom. The van der Waals surface area contributed by atoms with Crippen LogP contribution in [0.1, 0.15) is 35.5 Å². The SMILES string of the molecule is CCc1nn(C)c(CC(N)c2cccc(C)c2)c1Br. The highest BCUT2D eigenvalue weighted by atomic mass is 79.9. The first kappa shape index (κ1) is 14.3. The third-order valence-corrected chi connectivity index (χ3v) is 4.30. The van der Waals surface area contributed by atoms with Gasteiger partial charge < -0.3 is 5.73 Å². The van der Waals surface area contributed by atoms with Crippen molar-refractivity contribution in [1.82, 2.24) is 9.78 Å². The summed E-state index contributed by atoms with van der Waals surface area (Å²) in [5, 5.41) is 4.51. The lowest BCUT2D eigenvalue weighted by Crippen LogP contribution is -2.15. The van der Waals surface area contributed by atoms with Crippen LogP contribution in [-0.2, 0) is 19.9 Å². The van der Waals surface area contributed by atoms with Crippen molar-refractivity contribution >= 4 is 15.9 Å². The van der Waals surface area contributed by atoms with Gasteiger partial charge in [0.1, 0.15) is 0 Å². The third-order valence-electron chi connectivity index (χ3n) is 3.39. The van der Waals surface area contributed by atoms with Gasteiger partial charge in [0.2, 0.25) is 0 Å². The van der Waals surface area contributed by atoms with Gasteiger partial charge in [0.05, 0.1) is 15.9 Å². The predicted octanol–water partition coefficient (Wildman–Crippen LogP) is 3.30. The molecule has 19 heavy (non-hydrogen) atoms. The molecule has 0 aliphatic heterocycles. The van der Waals surface area contributed by atoms with Crippen molar-refractivity contribution in [2.45, 2.75) is 32.7 Å². The lowest BCUT2D eigenvalue weighted by Gasteiger charge is -2.13. The number of hydrogen-bond donors (Lipinski definition) is 1. The Morgan fingerprint density at radius 3 is 2.74 bits per heavy atom. The molecule has 102 valence electrons. The average Bonchev–Trinajstić information content (AvgIpc) is 2.66. The van der Waals surface area contributed by atoms with Crippen molar-refractivity contribution in [3.05, 3.63) is 51.3 Å². The second kappa shape index (κ2) is 5.88. The minimum absolute atomic E-state index is 0.00342. The van der Waals surface area contributed by atoms with Crippen LogP contribution in [0, 0.1) is 6.92 Å². The molecule has 2 rings (SSSR count). The summed E-state index contributed by atoms with van der Waals surface area (Å²) in [6.07, 6.45) is 1.71. The number of nitrogens with two attached hydrogens (primary N) is 1. The van der Waals surface area contributed by atoms with Gasteiger partial charge in [-0.2, -0.15) is 5.10 Å². The molecular weight excluding hydrogens is 302 g/mol. The molecule has 0 spiro atoms. The molecular formula is C15H20BrN3. The molecule has 1 heterocycles. The molecule has 0 aliphatic carbocycles. The van der Waals surface area contributed by atoms with Crippen molar-refractivity contribution in [2.75, 3.05) is 0 Å². The molecule has 1 aromatic heterocycles. The zero-order chi connectivity index (χ0) is 14.0. The molecule has 0 saturated heterocycles. The van der Waals surface area contributed by atoms with E-state index in [4.69, 9.17) is 5.73 Å². The monoisotopic (exact) mass is 321 g/mol. The normalized spacial score (nSPS) is 12.7. The largest absolute Gasteiger partial charge is 0.324 e. The number of hydrogen-bond acceptors (Lipinski definition) is 2. The standard InChI is InChI=1S/C15H20BrN3/c1-4-13-15(16)14(19(3)18-13)9-12(17)11-7-5-6-10(2)8-11/h5-8,12H,4,9,17H2,1-3H3. The Bertz CT molecular complexity index is 575. The second-order valence-electron chi connectivity index (χ2n) is 4.91. The van der Waals surface area contributed by atoms with Gasteiger partial charge in [-0.05, 0) is 34.8 Å². The summed E-state index contributed by atoms with van der Waals surface area (Å²) >= 11 is 3.64. The topological polar surface area (TPSA) is 43.8 Å². The summed E-state index contributed by atoms with van der Waals surface area (Å²) in [6, 6.07) is 8.38. The summed E-state index contributed by atoms with van der Waals surface area (Å²) in [5.41, 5.74) is 11.0. The molecule has 0 aliphatic rings. The van der Waals surface area contributed by atoms with Gasteiger partial charge in [-0.3, -0.25) is 4.68 Å². The fourth-order valence-electron chi connectivity index (χ4n) is 2.27. The molecule has 1 aromatic carbocycles. The van der Waals surface area contributed by atoms with E-state index in [-0.39, 0.29) is 6.04 Å². The van der Waals surface area contributed by atoms with E-state index in [1.165, 1.54) is 11.1 Å². The minimum atomic E-state index is -0.00342. The zero-order valence-electron chi connectivity index (χ0n) is 11.7. The van der Waals surface area contributed by atoms with Crippen molar-refractivity contribution in [2.24, 2.45) is 12.8 Å². The molecule has 2 N–H and O–H groups in total. The van der Waals surface area contributed by atoms with E-state index in [0.29, 0.717) is 0 Å². The molecule has 4 heteroatoms. The fourth-order valence-corrected chi connectivity index (χ4v) is 3.05. The smallest absolute Gasteiger partial charge is 0.0766 e. The number of nitrogens with zero attached hydrogens (tertiary/aromatic N) is 2. The first-order valence-electron chi connectivity index (χ1n) is 6.55. The summed E-state index contributed by atoms with van der Waals surface area (Å²) in [4.78, 5) is 0. The highest BCUT2D eigenvalue weighted by Crippen LogP contribution is 2.26. The maximum Gasteiger partial charge on any atom is 0.0766 e.